The zero-order valence-electron chi connectivity index (χ0n) is 10.1. The molecule has 0 radical (unpaired) electrons. The molecule has 0 amide bonds. The molecule has 0 aliphatic carbocycles. The number of ether oxygens (including phenoxy) is 2. The van der Waals surface area contributed by atoms with Gasteiger partial charge in [-0.15, -0.1) is 0 Å². The Hall–Kier alpha value is -2.09. The minimum absolute atomic E-state index is 0.0559. The summed E-state index contributed by atoms with van der Waals surface area (Å²) in [6.45, 7) is 3.48. The van der Waals surface area contributed by atoms with Crippen LogP contribution in [0.2, 0.25) is 0 Å². The summed E-state index contributed by atoms with van der Waals surface area (Å²) in [5, 5.41) is 14.8. The summed E-state index contributed by atoms with van der Waals surface area (Å²) in [7, 11) is 0. The lowest BCUT2D eigenvalue weighted by molar-refractivity contribution is -0.383. The van der Waals surface area contributed by atoms with E-state index in [2.05, 4.69) is 10.3 Å². The third kappa shape index (κ3) is 1.93. The van der Waals surface area contributed by atoms with Crippen LogP contribution >= 0.6 is 11.3 Å². The van der Waals surface area contributed by atoms with Crippen LogP contribution in [0.3, 0.4) is 0 Å². The molecule has 1 aromatic heterocycles. The van der Waals surface area contributed by atoms with Crippen molar-refractivity contribution in [3.8, 4) is 11.5 Å². The van der Waals surface area contributed by atoms with Gasteiger partial charge in [0.05, 0.1) is 11.0 Å². The number of fused-ring (bicyclic) bond motifs is 3. The monoisotopic (exact) mass is 281 g/mol. The summed E-state index contributed by atoms with van der Waals surface area (Å²) >= 11 is 1.34. The molecule has 0 atom stereocenters. The highest BCUT2D eigenvalue weighted by atomic mass is 32.1. The Kier molecular flexibility index (Phi) is 2.86. The first-order valence-corrected chi connectivity index (χ1v) is 6.63. The van der Waals surface area contributed by atoms with Gasteiger partial charge in [0, 0.05) is 6.54 Å². The van der Waals surface area contributed by atoms with E-state index in [0.29, 0.717) is 46.6 Å². The zero-order valence-corrected chi connectivity index (χ0v) is 11.0. The maximum absolute atomic E-state index is 11.1. The summed E-state index contributed by atoms with van der Waals surface area (Å²) in [4.78, 5) is 14.9. The van der Waals surface area contributed by atoms with E-state index in [0.717, 1.165) is 0 Å². The van der Waals surface area contributed by atoms with Crippen molar-refractivity contribution in [2.75, 3.05) is 25.1 Å². The second-order valence-corrected chi connectivity index (χ2v) is 4.90. The fourth-order valence-electron chi connectivity index (χ4n) is 1.92. The predicted octanol–water partition coefficient (Wildman–Crippen LogP) is 2.41. The molecule has 7 nitrogen and oxygen atoms in total. The topological polar surface area (TPSA) is 86.5 Å². The van der Waals surface area contributed by atoms with E-state index in [-0.39, 0.29) is 5.69 Å². The maximum atomic E-state index is 11.1. The van der Waals surface area contributed by atoms with Crippen LogP contribution in [0.5, 0.6) is 11.5 Å². The number of nitrogens with zero attached hydrogens (tertiary/aromatic N) is 2. The average molecular weight is 281 g/mol. The maximum Gasteiger partial charge on any atom is 0.300 e. The first-order chi connectivity index (χ1) is 9.20. The Balaban J connectivity index is 2.27. The molecule has 0 spiro atoms. The third-order valence-electron chi connectivity index (χ3n) is 2.68. The quantitative estimate of drug-likeness (QED) is 0.686. The smallest absolute Gasteiger partial charge is 0.300 e. The highest BCUT2D eigenvalue weighted by Gasteiger charge is 2.26. The molecule has 3 rings (SSSR count). The number of thiazole rings is 1. The van der Waals surface area contributed by atoms with Gasteiger partial charge in [-0.25, -0.2) is 4.98 Å². The van der Waals surface area contributed by atoms with Gasteiger partial charge in [0.2, 0.25) is 0 Å². The van der Waals surface area contributed by atoms with Crippen LogP contribution in [-0.4, -0.2) is 29.7 Å². The first-order valence-electron chi connectivity index (χ1n) is 5.82. The summed E-state index contributed by atoms with van der Waals surface area (Å²) in [5.41, 5.74) is 0.287. The van der Waals surface area contributed by atoms with Crippen LogP contribution in [0.25, 0.3) is 10.2 Å². The second-order valence-electron chi connectivity index (χ2n) is 3.90. The van der Waals surface area contributed by atoms with Crippen LogP contribution in [0.1, 0.15) is 6.92 Å². The van der Waals surface area contributed by atoms with Crippen molar-refractivity contribution in [2.24, 2.45) is 0 Å². The second kappa shape index (κ2) is 4.54. The molecular weight excluding hydrogens is 270 g/mol. The van der Waals surface area contributed by atoms with Crippen molar-refractivity contribution >= 4 is 32.4 Å². The lowest BCUT2D eigenvalue weighted by Gasteiger charge is -2.18. The molecule has 1 N–H and O–H groups in total. The molecule has 8 heteroatoms. The Morgan fingerprint density at radius 1 is 1.53 bits per heavy atom. The highest BCUT2D eigenvalue weighted by Crippen LogP contribution is 2.46. The van der Waals surface area contributed by atoms with Gasteiger partial charge in [-0.3, -0.25) is 10.1 Å². The highest BCUT2D eigenvalue weighted by molar-refractivity contribution is 7.22. The molecule has 0 fully saturated rings. The SMILES string of the molecule is CCNc1nc2c([N+](=O)[O-])cc3c(c2s1)OCCO3. The number of nitro groups is 1. The minimum atomic E-state index is -0.448. The van der Waals surface area contributed by atoms with Gasteiger partial charge < -0.3 is 14.8 Å². The van der Waals surface area contributed by atoms with E-state index in [9.17, 15) is 10.1 Å². The van der Waals surface area contributed by atoms with E-state index < -0.39 is 4.92 Å². The Morgan fingerprint density at radius 2 is 2.32 bits per heavy atom. The van der Waals surface area contributed by atoms with E-state index in [1.165, 1.54) is 17.4 Å². The van der Waals surface area contributed by atoms with Gasteiger partial charge in [-0.2, -0.15) is 0 Å². The Labute approximate surface area is 112 Å². The van der Waals surface area contributed by atoms with E-state index in [1.807, 2.05) is 6.92 Å². The molecule has 0 saturated heterocycles. The fraction of sp³-hybridized carbons (Fsp3) is 0.364. The van der Waals surface area contributed by atoms with Gasteiger partial charge in [0.25, 0.3) is 5.69 Å². The molecule has 1 aliphatic rings. The normalized spacial score (nSPS) is 13.5. The van der Waals surface area contributed by atoms with Gasteiger partial charge >= 0.3 is 0 Å². The van der Waals surface area contributed by atoms with Gasteiger partial charge in [0.1, 0.15) is 17.9 Å². The van der Waals surface area contributed by atoms with Gasteiger partial charge in [-0.1, -0.05) is 11.3 Å². The van der Waals surface area contributed by atoms with E-state index in [4.69, 9.17) is 9.47 Å². The number of hydrogen-bond acceptors (Lipinski definition) is 7. The van der Waals surface area contributed by atoms with Crippen LogP contribution in [0.15, 0.2) is 6.07 Å². The average Bonchev–Trinajstić information content (AvgIpc) is 2.81. The summed E-state index contributed by atoms with van der Waals surface area (Å²) in [5.74, 6) is 0.964. The number of rotatable bonds is 3. The lowest BCUT2D eigenvalue weighted by Crippen LogP contribution is -2.15. The lowest BCUT2D eigenvalue weighted by atomic mass is 10.2. The molecule has 0 unspecified atom stereocenters. The number of nitro benzene ring substituents is 1. The first kappa shape index (κ1) is 12.0. The zero-order chi connectivity index (χ0) is 13.4. The number of benzene rings is 1. The van der Waals surface area contributed by atoms with Crippen LogP contribution < -0.4 is 14.8 Å². The largest absolute Gasteiger partial charge is 0.486 e. The van der Waals surface area contributed by atoms with Gasteiger partial charge in [-0.05, 0) is 6.92 Å². The number of non-ortho nitro benzene ring substituents is 1. The summed E-state index contributed by atoms with van der Waals surface area (Å²) in [6, 6.07) is 1.38. The van der Waals surface area contributed by atoms with Crippen molar-refractivity contribution in [3.63, 3.8) is 0 Å². The predicted molar refractivity (Wildman–Crippen MR) is 71.4 cm³/mol. The molecule has 2 aromatic rings. The molecule has 0 bridgehead atoms. The third-order valence-corrected chi connectivity index (χ3v) is 3.69. The number of nitrogens with one attached hydrogen (secondary N) is 1. The molecule has 1 aromatic carbocycles. The molecule has 100 valence electrons. The molecule has 19 heavy (non-hydrogen) atoms. The fourth-order valence-corrected chi connectivity index (χ4v) is 2.97. The molecule has 1 aliphatic heterocycles. The molecule has 0 saturated carbocycles. The van der Waals surface area contributed by atoms with Gasteiger partial charge in [0.15, 0.2) is 22.1 Å². The number of aromatic nitrogens is 1. The minimum Gasteiger partial charge on any atom is -0.486 e. The van der Waals surface area contributed by atoms with Crippen LogP contribution in [-0.2, 0) is 0 Å². The number of anilines is 1. The van der Waals surface area contributed by atoms with Crippen molar-refractivity contribution in [2.45, 2.75) is 6.92 Å². The summed E-state index contributed by atoms with van der Waals surface area (Å²) < 4.78 is 11.6. The van der Waals surface area contributed by atoms with Crippen molar-refractivity contribution in [1.29, 1.82) is 0 Å². The van der Waals surface area contributed by atoms with Crippen molar-refractivity contribution in [3.05, 3.63) is 16.2 Å². The Bertz CT molecular complexity index is 655. The molecular formula is C11H11N3O4S. The summed E-state index contributed by atoms with van der Waals surface area (Å²) in [6.07, 6.45) is 0. The van der Waals surface area contributed by atoms with Crippen molar-refractivity contribution in [1.82, 2.24) is 4.98 Å². The van der Waals surface area contributed by atoms with Crippen molar-refractivity contribution < 1.29 is 14.4 Å². The standard InChI is InChI=1S/C11H11N3O4S/c1-2-12-11-13-8-6(14(15)16)5-7-9(10(8)19-11)18-4-3-17-7/h5H,2-4H2,1H3,(H,12,13). The van der Waals surface area contributed by atoms with Crippen LogP contribution in [0, 0.1) is 10.1 Å². The molecule has 2 heterocycles. The van der Waals surface area contributed by atoms with E-state index >= 15 is 0 Å². The van der Waals surface area contributed by atoms with E-state index in [1.54, 1.807) is 0 Å². The van der Waals surface area contributed by atoms with Crippen LogP contribution in [0.4, 0.5) is 10.8 Å². The Morgan fingerprint density at radius 3 is 3.05 bits per heavy atom. The number of hydrogen-bond donors (Lipinski definition) is 1.